The number of nitriles is 1. The van der Waals surface area contributed by atoms with Crippen molar-refractivity contribution in [1.29, 1.82) is 5.26 Å². The predicted octanol–water partition coefficient (Wildman–Crippen LogP) is 15.3. The third-order valence-corrected chi connectivity index (χ3v) is 12.3. The topological polar surface area (TPSA) is 67.6 Å². The fraction of sp³-hybridized carbons (Fsp3) is 0. The largest absolute Gasteiger partial charge is 0.453 e. The summed E-state index contributed by atoms with van der Waals surface area (Å²) in [5, 5.41) is 15.2. The Morgan fingerprint density at radius 1 is 0.406 bits per heavy atom. The van der Waals surface area contributed by atoms with Crippen LogP contribution in [0.15, 0.2) is 223 Å². The number of rotatable bonds is 7. The van der Waals surface area contributed by atoms with E-state index in [1.54, 1.807) is 0 Å². The van der Waals surface area contributed by atoms with Gasteiger partial charge < -0.3 is 8.98 Å². The second-order valence-electron chi connectivity index (χ2n) is 16.0. The molecule has 0 amide bonds. The SMILES string of the molecule is N#Cc1c(-c2ccccc2)nc(-c2c(-c3ccccc3)cc(-n3c4ccccc4c4ccc5c6cccc(-c7ccccc7)c6oc5c43)cc2-c2ccccc2)nc1-c1ccccc1. The van der Waals surface area contributed by atoms with Crippen LogP contribution in [0, 0.1) is 11.3 Å². The first-order chi connectivity index (χ1) is 31.7. The standard InChI is InChI=1S/C59H36N4O/c60-37-51-54(41-25-12-4-13-26-41)61-59(62-55(51)42-27-14-5-15-28-42)53-49(39-21-8-2-9-22-39)35-43(36-50(53)40-23-10-3-11-24-40)63-52-32-17-16-29-45(52)46-33-34-48-47-31-18-30-44(38-19-6-1-7-20-38)57(47)64-58(48)56(46)63/h1-36H. The lowest BCUT2D eigenvalue weighted by molar-refractivity contribution is 0.672. The van der Waals surface area contributed by atoms with Crippen molar-refractivity contribution >= 4 is 43.7 Å². The molecular formula is C59H36N4O. The first-order valence-electron chi connectivity index (χ1n) is 21.4. The van der Waals surface area contributed by atoms with E-state index in [-0.39, 0.29) is 0 Å². The number of aromatic nitrogens is 3. The molecule has 0 spiro atoms. The Kier molecular flexibility index (Phi) is 8.81. The van der Waals surface area contributed by atoms with Gasteiger partial charge in [0.25, 0.3) is 0 Å². The number of hydrogen-bond acceptors (Lipinski definition) is 4. The van der Waals surface area contributed by atoms with Gasteiger partial charge in [0.1, 0.15) is 17.2 Å². The first-order valence-corrected chi connectivity index (χ1v) is 21.4. The minimum atomic E-state index is 0.427. The van der Waals surface area contributed by atoms with Crippen LogP contribution in [-0.2, 0) is 0 Å². The fourth-order valence-electron chi connectivity index (χ4n) is 9.39. The van der Waals surface area contributed by atoms with Crippen molar-refractivity contribution < 1.29 is 4.42 Å². The Morgan fingerprint density at radius 2 is 0.859 bits per heavy atom. The molecule has 3 heterocycles. The zero-order valence-electron chi connectivity index (χ0n) is 34.5. The van der Waals surface area contributed by atoms with Crippen LogP contribution < -0.4 is 0 Å². The number of furan rings is 1. The molecule has 5 nitrogen and oxygen atoms in total. The maximum Gasteiger partial charge on any atom is 0.161 e. The van der Waals surface area contributed by atoms with E-state index in [9.17, 15) is 5.26 Å². The number of nitrogens with zero attached hydrogens (tertiary/aromatic N) is 4. The molecule has 0 aliphatic rings. The lowest BCUT2D eigenvalue weighted by Gasteiger charge is -2.20. The normalized spacial score (nSPS) is 11.4. The molecule has 0 saturated heterocycles. The molecule has 0 saturated carbocycles. The molecular weight excluding hydrogens is 781 g/mol. The predicted molar refractivity (Wildman–Crippen MR) is 261 cm³/mol. The summed E-state index contributed by atoms with van der Waals surface area (Å²) in [5.74, 6) is 0.524. The minimum Gasteiger partial charge on any atom is -0.453 e. The molecule has 3 aromatic heterocycles. The molecule has 298 valence electrons. The Hall–Kier alpha value is -8.85. The van der Waals surface area contributed by atoms with Gasteiger partial charge in [0, 0.05) is 49.5 Å². The van der Waals surface area contributed by atoms with Gasteiger partial charge in [-0.15, -0.1) is 0 Å². The molecule has 0 aliphatic heterocycles. The molecule has 0 radical (unpaired) electrons. The van der Waals surface area contributed by atoms with Crippen molar-refractivity contribution in [3.63, 3.8) is 0 Å². The number of para-hydroxylation sites is 2. The van der Waals surface area contributed by atoms with E-state index >= 15 is 0 Å². The zero-order valence-corrected chi connectivity index (χ0v) is 34.5. The lowest BCUT2D eigenvalue weighted by atomic mass is 9.89. The van der Waals surface area contributed by atoms with Crippen LogP contribution in [-0.4, -0.2) is 14.5 Å². The van der Waals surface area contributed by atoms with Crippen LogP contribution in [0.2, 0.25) is 0 Å². The van der Waals surface area contributed by atoms with E-state index in [0.29, 0.717) is 22.8 Å². The monoisotopic (exact) mass is 816 g/mol. The van der Waals surface area contributed by atoms with Gasteiger partial charge in [-0.1, -0.05) is 194 Å². The minimum absolute atomic E-state index is 0.427. The average molecular weight is 817 g/mol. The molecule has 9 aromatic carbocycles. The van der Waals surface area contributed by atoms with Gasteiger partial charge in [-0.25, -0.2) is 9.97 Å². The summed E-state index contributed by atoms with van der Waals surface area (Å²) in [6.45, 7) is 0. The lowest BCUT2D eigenvalue weighted by Crippen LogP contribution is -2.04. The maximum absolute atomic E-state index is 10.8. The van der Waals surface area contributed by atoms with Gasteiger partial charge in [-0.3, -0.25) is 0 Å². The van der Waals surface area contributed by atoms with E-state index in [4.69, 9.17) is 14.4 Å². The molecule has 0 atom stereocenters. The molecule has 0 unspecified atom stereocenters. The summed E-state index contributed by atoms with van der Waals surface area (Å²) < 4.78 is 9.50. The van der Waals surface area contributed by atoms with Crippen molar-refractivity contribution in [3.05, 3.63) is 224 Å². The van der Waals surface area contributed by atoms with Gasteiger partial charge in [-0.2, -0.15) is 5.26 Å². The molecule has 12 rings (SSSR count). The molecule has 12 aromatic rings. The maximum atomic E-state index is 10.8. The van der Waals surface area contributed by atoms with Crippen LogP contribution in [0.3, 0.4) is 0 Å². The number of benzene rings is 9. The van der Waals surface area contributed by atoms with Crippen molar-refractivity contribution in [1.82, 2.24) is 14.5 Å². The third-order valence-electron chi connectivity index (χ3n) is 12.3. The molecule has 0 bridgehead atoms. The highest BCUT2D eigenvalue weighted by atomic mass is 16.3. The number of fused-ring (bicyclic) bond motifs is 7. The molecule has 0 fully saturated rings. The molecule has 64 heavy (non-hydrogen) atoms. The average Bonchev–Trinajstić information content (AvgIpc) is 3.93. The van der Waals surface area contributed by atoms with Gasteiger partial charge in [0.15, 0.2) is 11.4 Å². The summed E-state index contributed by atoms with van der Waals surface area (Å²) >= 11 is 0. The second kappa shape index (κ2) is 15.3. The van der Waals surface area contributed by atoms with Crippen molar-refractivity contribution in [2.45, 2.75) is 0 Å². The van der Waals surface area contributed by atoms with Crippen LogP contribution in [0.1, 0.15) is 5.56 Å². The number of hydrogen-bond donors (Lipinski definition) is 0. The summed E-state index contributed by atoms with van der Waals surface area (Å²) in [7, 11) is 0. The van der Waals surface area contributed by atoms with Crippen LogP contribution in [0.4, 0.5) is 0 Å². The second-order valence-corrected chi connectivity index (χ2v) is 16.0. The quantitative estimate of drug-likeness (QED) is 0.161. The van der Waals surface area contributed by atoms with E-state index in [2.05, 4.69) is 150 Å². The van der Waals surface area contributed by atoms with Gasteiger partial charge >= 0.3 is 0 Å². The zero-order chi connectivity index (χ0) is 42.6. The van der Waals surface area contributed by atoms with E-state index < -0.39 is 0 Å². The van der Waals surface area contributed by atoms with E-state index in [0.717, 1.165) is 99.5 Å². The Labute approximate surface area is 369 Å². The van der Waals surface area contributed by atoms with Gasteiger partial charge in [0.05, 0.1) is 22.4 Å². The summed E-state index contributed by atoms with van der Waals surface area (Å²) in [5.41, 5.74) is 14.9. The summed E-state index contributed by atoms with van der Waals surface area (Å²) in [4.78, 5) is 10.8. The highest BCUT2D eigenvalue weighted by Gasteiger charge is 2.26. The first kappa shape index (κ1) is 37.0. The van der Waals surface area contributed by atoms with E-state index in [1.165, 1.54) is 0 Å². The van der Waals surface area contributed by atoms with Crippen molar-refractivity contribution in [3.8, 4) is 79.0 Å². The van der Waals surface area contributed by atoms with Crippen LogP contribution in [0.25, 0.3) is 117 Å². The fourth-order valence-corrected chi connectivity index (χ4v) is 9.39. The summed E-state index contributed by atoms with van der Waals surface area (Å²) in [6, 6.07) is 77.8. The Balaban J connectivity index is 1.22. The van der Waals surface area contributed by atoms with Crippen LogP contribution >= 0.6 is 0 Å². The molecule has 0 aliphatic carbocycles. The van der Waals surface area contributed by atoms with Gasteiger partial charge in [0.2, 0.25) is 0 Å². The highest BCUT2D eigenvalue weighted by Crippen LogP contribution is 2.47. The van der Waals surface area contributed by atoms with E-state index in [1.807, 2.05) is 78.9 Å². The summed E-state index contributed by atoms with van der Waals surface area (Å²) in [6.07, 6.45) is 0. The van der Waals surface area contributed by atoms with Crippen LogP contribution in [0.5, 0.6) is 0 Å². The molecule has 5 heteroatoms. The van der Waals surface area contributed by atoms with Gasteiger partial charge in [-0.05, 0) is 52.1 Å². The third kappa shape index (κ3) is 6.00. The Bertz CT molecular complexity index is 3640. The van der Waals surface area contributed by atoms with Crippen molar-refractivity contribution in [2.24, 2.45) is 0 Å². The smallest absolute Gasteiger partial charge is 0.161 e. The Morgan fingerprint density at radius 3 is 1.41 bits per heavy atom. The molecule has 0 N–H and O–H groups in total. The highest BCUT2D eigenvalue weighted by molar-refractivity contribution is 6.22. The van der Waals surface area contributed by atoms with Crippen molar-refractivity contribution in [2.75, 3.05) is 0 Å².